The van der Waals surface area contributed by atoms with E-state index in [1.165, 1.54) is 116 Å². The van der Waals surface area contributed by atoms with Gasteiger partial charge in [0, 0.05) is 19.3 Å². The Morgan fingerprint density at radius 3 is 0.896 bits per heavy atom. The largest absolute Gasteiger partial charge is 0.462 e. The van der Waals surface area contributed by atoms with E-state index in [1.807, 2.05) is 0 Å². The molecule has 6 heteroatoms. The predicted molar refractivity (Wildman–Crippen MR) is 288 cm³/mol. The molecule has 1 atom stereocenters. The molecular formula is C61H104O6. The van der Waals surface area contributed by atoms with E-state index < -0.39 is 6.10 Å². The zero-order valence-corrected chi connectivity index (χ0v) is 43.9. The number of esters is 3. The second-order valence-corrected chi connectivity index (χ2v) is 18.5. The molecule has 0 N–H and O–H groups in total. The molecule has 384 valence electrons. The van der Waals surface area contributed by atoms with Crippen LogP contribution in [-0.2, 0) is 28.6 Å². The summed E-state index contributed by atoms with van der Waals surface area (Å²) < 4.78 is 16.8. The molecule has 0 rings (SSSR count). The molecule has 67 heavy (non-hydrogen) atoms. The first kappa shape index (κ1) is 63.6. The van der Waals surface area contributed by atoms with Gasteiger partial charge >= 0.3 is 17.9 Å². The summed E-state index contributed by atoms with van der Waals surface area (Å²) in [6.07, 6.45) is 71.3. The summed E-state index contributed by atoms with van der Waals surface area (Å²) in [7, 11) is 0. The van der Waals surface area contributed by atoms with Crippen molar-refractivity contribution in [1.29, 1.82) is 0 Å². The molecule has 0 amide bonds. The molecule has 0 bridgehead atoms. The topological polar surface area (TPSA) is 78.9 Å². The minimum atomic E-state index is -0.798. The summed E-state index contributed by atoms with van der Waals surface area (Å²) in [5.74, 6) is -0.941. The first-order valence-electron chi connectivity index (χ1n) is 28.1. The average Bonchev–Trinajstić information content (AvgIpc) is 3.33. The van der Waals surface area contributed by atoms with E-state index >= 15 is 0 Å². The summed E-state index contributed by atoms with van der Waals surface area (Å²) in [6.45, 7) is 6.54. The summed E-state index contributed by atoms with van der Waals surface area (Å²) >= 11 is 0. The third-order valence-electron chi connectivity index (χ3n) is 11.8. The first-order valence-corrected chi connectivity index (χ1v) is 28.1. The standard InChI is InChI=1S/C61H104O6/c1-4-7-10-13-16-19-22-25-28-29-30-31-34-36-39-42-45-48-51-54-60(63)66-57-58(67-61(64)55-52-49-46-43-40-37-33-27-24-21-18-15-12-9-6-3)56-65-59(62)53-50-47-44-41-38-35-32-26-23-20-17-14-11-8-5-2/h16-17,19-21,24-26,28,30-32,36,39,58H,4-15,18,22-23,27,29,33-35,37-38,40-57H2,1-3H3/b19-16-,20-17-,24-21-,28-25-,31-30-,32-26-,39-36-/t58-/m0/s1. The molecule has 0 unspecified atom stereocenters. The van der Waals surface area contributed by atoms with Crippen molar-refractivity contribution < 1.29 is 28.6 Å². The Hall–Kier alpha value is -3.41. The summed E-state index contributed by atoms with van der Waals surface area (Å²) in [6, 6.07) is 0. The number of ether oxygens (including phenoxy) is 3. The van der Waals surface area contributed by atoms with E-state index in [4.69, 9.17) is 14.2 Å². The maximum atomic E-state index is 12.8. The van der Waals surface area contributed by atoms with Gasteiger partial charge in [0.15, 0.2) is 6.10 Å². The van der Waals surface area contributed by atoms with Crippen LogP contribution < -0.4 is 0 Å². The molecule has 0 saturated carbocycles. The summed E-state index contributed by atoms with van der Waals surface area (Å²) in [5.41, 5.74) is 0. The van der Waals surface area contributed by atoms with Crippen LogP contribution in [0.15, 0.2) is 85.1 Å². The van der Waals surface area contributed by atoms with Gasteiger partial charge < -0.3 is 14.2 Å². The summed E-state index contributed by atoms with van der Waals surface area (Å²) in [5, 5.41) is 0. The number of rotatable bonds is 50. The third kappa shape index (κ3) is 53.4. The van der Waals surface area contributed by atoms with Crippen LogP contribution in [0.4, 0.5) is 0 Å². The Balaban J connectivity index is 4.47. The van der Waals surface area contributed by atoms with Gasteiger partial charge in [0.25, 0.3) is 0 Å². The highest BCUT2D eigenvalue weighted by atomic mass is 16.6. The minimum Gasteiger partial charge on any atom is -0.462 e. The van der Waals surface area contributed by atoms with E-state index in [0.29, 0.717) is 19.3 Å². The van der Waals surface area contributed by atoms with Crippen LogP contribution in [0.1, 0.15) is 265 Å². The fourth-order valence-corrected chi connectivity index (χ4v) is 7.57. The first-order chi connectivity index (χ1) is 33.0. The number of unbranched alkanes of at least 4 members (excludes halogenated alkanes) is 25. The molecule has 6 nitrogen and oxygen atoms in total. The van der Waals surface area contributed by atoms with Gasteiger partial charge in [0.1, 0.15) is 13.2 Å². The normalized spacial score (nSPS) is 12.7. The Morgan fingerprint density at radius 2 is 0.537 bits per heavy atom. The molecule has 0 spiro atoms. The van der Waals surface area contributed by atoms with Crippen LogP contribution in [0, 0.1) is 0 Å². The SMILES string of the molecule is CCCCC/C=C\C/C=C\C/C=C\C/C=C\CCCCCC(=O)OC[C@H](COC(=O)CCCCCCC/C=C\C/C=C\CCCCC)OC(=O)CCCCCCCCC/C=C\CCCCCC. The fraction of sp³-hybridized carbons (Fsp3) is 0.721. The van der Waals surface area contributed by atoms with Gasteiger partial charge in [-0.2, -0.15) is 0 Å². The van der Waals surface area contributed by atoms with E-state index in [2.05, 4.69) is 106 Å². The number of hydrogen-bond acceptors (Lipinski definition) is 6. The number of carbonyl (C=O) groups excluding carboxylic acids is 3. The smallest absolute Gasteiger partial charge is 0.306 e. The number of allylic oxidation sites excluding steroid dienone is 14. The molecule has 0 aliphatic carbocycles. The van der Waals surface area contributed by atoms with Crippen molar-refractivity contribution >= 4 is 17.9 Å². The van der Waals surface area contributed by atoms with Crippen LogP contribution in [0.25, 0.3) is 0 Å². The van der Waals surface area contributed by atoms with Gasteiger partial charge in [-0.3, -0.25) is 14.4 Å². The van der Waals surface area contributed by atoms with Crippen LogP contribution >= 0.6 is 0 Å². The predicted octanol–water partition coefficient (Wildman–Crippen LogP) is 18.8. The molecule has 0 aliphatic rings. The second-order valence-electron chi connectivity index (χ2n) is 18.5. The lowest BCUT2D eigenvalue weighted by molar-refractivity contribution is -0.167. The van der Waals surface area contributed by atoms with Crippen LogP contribution in [-0.4, -0.2) is 37.2 Å². The van der Waals surface area contributed by atoms with Gasteiger partial charge in [0.05, 0.1) is 0 Å². The number of carbonyl (C=O) groups is 3. The van der Waals surface area contributed by atoms with Crippen LogP contribution in [0.2, 0.25) is 0 Å². The quantitative estimate of drug-likeness (QED) is 0.0262. The van der Waals surface area contributed by atoms with Crippen LogP contribution in [0.5, 0.6) is 0 Å². The van der Waals surface area contributed by atoms with Crippen molar-refractivity contribution in [3.8, 4) is 0 Å². The molecule has 0 radical (unpaired) electrons. The van der Waals surface area contributed by atoms with Gasteiger partial charge in [-0.05, 0) is 122 Å². The molecule has 0 heterocycles. The highest BCUT2D eigenvalue weighted by molar-refractivity contribution is 5.71. The molecular weight excluding hydrogens is 829 g/mol. The van der Waals surface area contributed by atoms with E-state index in [9.17, 15) is 14.4 Å². The molecule has 0 aliphatic heterocycles. The van der Waals surface area contributed by atoms with Crippen molar-refractivity contribution in [2.75, 3.05) is 13.2 Å². The minimum absolute atomic E-state index is 0.0960. The lowest BCUT2D eigenvalue weighted by Gasteiger charge is -2.18. The number of hydrogen-bond donors (Lipinski definition) is 0. The highest BCUT2D eigenvalue weighted by Gasteiger charge is 2.19. The zero-order chi connectivity index (χ0) is 48.6. The summed E-state index contributed by atoms with van der Waals surface area (Å²) in [4.78, 5) is 38.1. The molecule has 0 aromatic rings. The lowest BCUT2D eigenvalue weighted by atomic mass is 10.1. The Labute approximate surface area is 414 Å². The molecule has 0 saturated heterocycles. The Morgan fingerprint density at radius 1 is 0.299 bits per heavy atom. The van der Waals surface area contributed by atoms with E-state index in [1.54, 1.807) is 0 Å². The van der Waals surface area contributed by atoms with E-state index in [-0.39, 0.29) is 31.1 Å². The van der Waals surface area contributed by atoms with Crippen molar-refractivity contribution in [3.63, 3.8) is 0 Å². The maximum absolute atomic E-state index is 12.8. The van der Waals surface area contributed by atoms with Gasteiger partial charge in [-0.25, -0.2) is 0 Å². The van der Waals surface area contributed by atoms with Crippen molar-refractivity contribution in [2.24, 2.45) is 0 Å². The highest BCUT2D eigenvalue weighted by Crippen LogP contribution is 2.14. The monoisotopic (exact) mass is 933 g/mol. The van der Waals surface area contributed by atoms with Crippen molar-refractivity contribution in [1.82, 2.24) is 0 Å². The Bertz CT molecular complexity index is 1300. The van der Waals surface area contributed by atoms with Crippen molar-refractivity contribution in [3.05, 3.63) is 85.1 Å². The molecule has 0 aromatic heterocycles. The van der Waals surface area contributed by atoms with E-state index in [0.717, 1.165) is 109 Å². The van der Waals surface area contributed by atoms with Crippen molar-refractivity contribution in [2.45, 2.75) is 271 Å². The lowest BCUT2D eigenvalue weighted by Crippen LogP contribution is -2.30. The van der Waals surface area contributed by atoms with Gasteiger partial charge in [-0.1, -0.05) is 209 Å². The van der Waals surface area contributed by atoms with Gasteiger partial charge in [0.2, 0.25) is 0 Å². The average molecular weight is 933 g/mol. The maximum Gasteiger partial charge on any atom is 0.306 e. The third-order valence-corrected chi connectivity index (χ3v) is 11.8. The van der Waals surface area contributed by atoms with Gasteiger partial charge in [-0.15, -0.1) is 0 Å². The molecule has 0 fully saturated rings. The van der Waals surface area contributed by atoms with Crippen LogP contribution in [0.3, 0.4) is 0 Å². The fourth-order valence-electron chi connectivity index (χ4n) is 7.57. The zero-order valence-electron chi connectivity index (χ0n) is 43.9. The Kier molecular flexibility index (Phi) is 52.4. The molecule has 0 aromatic carbocycles. The second kappa shape index (κ2) is 55.2.